The number of carbonyl (C=O) groups is 2. The van der Waals surface area contributed by atoms with Gasteiger partial charge < -0.3 is 10.4 Å². The van der Waals surface area contributed by atoms with Crippen molar-refractivity contribution < 1.29 is 23.1 Å². The van der Waals surface area contributed by atoms with E-state index in [1.807, 2.05) is 0 Å². The topological polar surface area (TPSA) is 107 Å². The van der Waals surface area contributed by atoms with Crippen molar-refractivity contribution in [3.63, 3.8) is 0 Å². The van der Waals surface area contributed by atoms with Crippen LogP contribution in [0.25, 0.3) is 0 Å². The lowest BCUT2D eigenvalue weighted by molar-refractivity contribution is -0.143. The van der Waals surface area contributed by atoms with Crippen molar-refractivity contribution in [2.45, 2.75) is 43.7 Å². The van der Waals surface area contributed by atoms with Gasteiger partial charge >= 0.3 is 5.97 Å². The number of carboxylic acids is 1. The Labute approximate surface area is 153 Å². The van der Waals surface area contributed by atoms with E-state index in [0.717, 1.165) is 17.1 Å². The normalized spacial score (nSPS) is 15.9. The number of amides is 1. The van der Waals surface area contributed by atoms with Gasteiger partial charge in [0.15, 0.2) is 0 Å². The predicted octanol–water partition coefficient (Wildman–Crippen LogP) is 1.12. The first-order valence-corrected chi connectivity index (χ1v) is 9.79. The molecule has 1 amide bonds. The molecule has 1 aromatic carbocycles. The van der Waals surface area contributed by atoms with Gasteiger partial charge in [-0.2, -0.15) is 0 Å². The molecule has 8 nitrogen and oxygen atoms in total. The summed E-state index contributed by atoms with van der Waals surface area (Å²) >= 11 is 0. The lowest BCUT2D eigenvalue weighted by Gasteiger charge is -2.25. The number of hydrogen-bond acceptors (Lipinski definition) is 5. The standard InChI is InChI=1S/C17H25N3O5S/c1-11-5-6-13(9-15(11)26(24,25)19(3)4)18-16(21)10-20(14-7-8-14)12(2)17(22)23/h5-6,9,12,14H,7-8,10H2,1-4H3,(H,18,21)(H,22,23). The van der Waals surface area contributed by atoms with E-state index in [2.05, 4.69) is 5.32 Å². The van der Waals surface area contributed by atoms with E-state index in [9.17, 15) is 23.1 Å². The molecule has 0 aliphatic heterocycles. The van der Waals surface area contributed by atoms with Crippen LogP contribution < -0.4 is 5.32 Å². The molecule has 144 valence electrons. The van der Waals surface area contributed by atoms with E-state index in [0.29, 0.717) is 11.3 Å². The number of aryl methyl sites for hydroxylation is 1. The second kappa shape index (κ2) is 7.73. The lowest BCUT2D eigenvalue weighted by Crippen LogP contribution is -2.44. The second-order valence-corrected chi connectivity index (χ2v) is 8.85. The van der Waals surface area contributed by atoms with Crippen LogP contribution in [0.5, 0.6) is 0 Å². The molecular weight excluding hydrogens is 358 g/mol. The number of anilines is 1. The largest absolute Gasteiger partial charge is 0.480 e. The molecule has 2 N–H and O–H groups in total. The highest BCUT2D eigenvalue weighted by Gasteiger charge is 2.36. The molecular formula is C17H25N3O5S. The van der Waals surface area contributed by atoms with E-state index in [1.54, 1.807) is 30.9 Å². The predicted molar refractivity (Wildman–Crippen MR) is 97.5 cm³/mol. The minimum atomic E-state index is -3.62. The summed E-state index contributed by atoms with van der Waals surface area (Å²) in [5.74, 6) is -1.35. The van der Waals surface area contributed by atoms with Crippen molar-refractivity contribution in [3.8, 4) is 0 Å². The first-order chi connectivity index (χ1) is 12.0. The fraction of sp³-hybridized carbons (Fsp3) is 0.529. The van der Waals surface area contributed by atoms with Crippen LogP contribution in [0.1, 0.15) is 25.3 Å². The van der Waals surface area contributed by atoms with Gasteiger partial charge in [0.1, 0.15) is 6.04 Å². The van der Waals surface area contributed by atoms with Crippen molar-refractivity contribution in [2.24, 2.45) is 0 Å². The molecule has 1 aromatic rings. The number of nitrogens with one attached hydrogen (secondary N) is 1. The summed E-state index contributed by atoms with van der Waals surface area (Å²) < 4.78 is 25.9. The van der Waals surface area contributed by atoms with Crippen LogP contribution >= 0.6 is 0 Å². The highest BCUT2D eigenvalue weighted by atomic mass is 32.2. The van der Waals surface area contributed by atoms with Crippen LogP contribution in [0.2, 0.25) is 0 Å². The summed E-state index contributed by atoms with van der Waals surface area (Å²) in [7, 11) is -0.733. The zero-order chi connectivity index (χ0) is 19.6. The summed E-state index contributed by atoms with van der Waals surface area (Å²) in [6.45, 7) is 3.19. The SMILES string of the molecule is Cc1ccc(NC(=O)CN(C2CC2)C(C)C(=O)O)cc1S(=O)(=O)N(C)C. The molecule has 1 saturated carbocycles. The van der Waals surface area contributed by atoms with Gasteiger partial charge in [0.25, 0.3) is 0 Å². The Balaban J connectivity index is 2.15. The third-order valence-electron chi connectivity index (χ3n) is 4.43. The van der Waals surface area contributed by atoms with Crippen LogP contribution in [0.4, 0.5) is 5.69 Å². The molecule has 0 bridgehead atoms. The number of carboxylic acid groups (broad SMARTS) is 1. The Morgan fingerprint density at radius 1 is 1.31 bits per heavy atom. The van der Waals surface area contributed by atoms with Crippen molar-refractivity contribution in [2.75, 3.05) is 26.0 Å². The summed E-state index contributed by atoms with van der Waals surface area (Å²) in [6, 6.07) is 4.03. The van der Waals surface area contributed by atoms with E-state index >= 15 is 0 Å². The number of aliphatic carboxylic acids is 1. The highest BCUT2D eigenvalue weighted by molar-refractivity contribution is 7.89. The number of benzene rings is 1. The fourth-order valence-electron chi connectivity index (χ4n) is 2.65. The summed E-state index contributed by atoms with van der Waals surface area (Å²) in [5.41, 5.74) is 0.940. The molecule has 1 unspecified atom stereocenters. The van der Waals surface area contributed by atoms with Crippen LogP contribution in [-0.4, -0.2) is 67.3 Å². The number of hydrogen-bond donors (Lipinski definition) is 2. The minimum absolute atomic E-state index is 0.0538. The molecule has 2 rings (SSSR count). The lowest BCUT2D eigenvalue weighted by atomic mass is 10.2. The molecule has 0 spiro atoms. The van der Waals surface area contributed by atoms with E-state index in [4.69, 9.17) is 0 Å². The van der Waals surface area contributed by atoms with Crippen LogP contribution in [0.3, 0.4) is 0 Å². The first kappa shape index (κ1) is 20.3. The molecule has 1 aliphatic carbocycles. The Hall–Kier alpha value is -1.97. The zero-order valence-corrected chi connectivity index (χ0v) is 16.2. The van der Waals surface area contributed by atoms with E-state index in [-0.39, 0.29) is 23.4 Å². The van der Waals surface area contributed by atoms with E-state index in [1.165, 1.54) is 20.2 Å². The van der Waals surface area contributed by atoms with Crippen molar-refractivity contribution in [1.82, 2.24) is 9.21 Å². The number of sulfonamides is 1. The maximum absolute atomic E-state index is 12.4. The van der Waals surface area contributed by atoms with Gasteiger partial charge in [-0.3, -0.25) is 14.5 Å². The quantitative estimate of drug-likeness (QED) is 0.697. The Kier molecular flexibility index (Phi) is 6.05. The van der Waals surface area contributed by atoms with Crippen LogP contribution in [-0.2, 0) is 19.6 Å². The molecule has 26 heavy (non-hydrogen) atoms. The maximum atomic E-state index is 12.4. The number of carbonyl (C=O) groups excluding carboxylic acids is 1. The molecule has 1 atom stereocenters. The minimum Gasteiger partial charge on any atom is -0.480 e. The molecule has 1 aliphatic rings. The molecule has 9 heteroatoms. The van der Waals surface area contributed by atoms with Crippen molar-refractivity contribution in [1.29, 1.82) is 0 Å². The number of nitrogens with zero attached hydrogens (tertiary/aromatic N) is 2. The van der Waals surface area contributed by atoms with Gasteiger partial charge in [0.2, 0.25) is 15.9 Å². The van der Waals surface area contributed by atoms with E-state index < -0.39 is 22.0 Å². The van der Waals surface area contributed by atoms with Gasteiger partial charge in [-0.05, 0) is 44.4 Å². The van der Waals surface area contributed by atoms with Crippen molar-refractivity contribution in [3.05, 3.63) is 23.8 Å². The highest BCUT2D eigenvalue weighted by Crippen LogP contribution is 2.29. The second-order valence-electron chi connectivity index (χ2n) is 6.73. The molecule has 0 saturated heterocycles. The molecule has 0 heterocycles. The summed E-state index contributed by atoms with van der Waals surface area (Å²) in [4.78, 5) is 25.4. The van der Waals surface area contributed by atoms with Gasteiger partial charge in [-0.25, -0.2) is 12.7 Å². The van der Waals surface area contributed by atoms with Gasteiger partial charge in [0, 0.05) is 25.8 Å². The summed E-state index contributed by atoms with van der Waals surface area (Å²) in [5, 5.41) is 11.9. The summed E-state index contributed by atoms with van der Waals surface area (Å²) in [6.07, 6.45) is 1.75. The molecule has 0 radical (unpaired) electrons. The average molecular weight is 383 g/mol. The van der Waals surface area contributed by atoms with Gasteiger partial charge in [-0.15, -0.1) is 0 Å². The molecule has 0 aromatic heterocycles. The smallest absolute Gasteiger partial charge is 0.320 e. The third kappa shape index (κ3) is 4.60. The zero-order valence-electron chi connectivity index (χ0n) is 15.4. The van der Waals surface area contributed by atoms with Gasteiger partial charge in [-0.1, -0.05) is 6.07 Å². The van der Waals surface area contributed by atoms with Crippen LogP contribution in [0, 0.1) is 6.92 Å². The Bertz CT molecular complexity index is 803. The number of rotatable bonds is 8. The maximum Gasteiger partial charge on any atom is 0.320 e. The van der Waals surface area contributed by atoms with Gasteiger partial charge in [0.05, 0.1) is 11.4 Å². The average Bonchev–Trinajstić information content (AvgIpc) is 3.38. The first-order valence-electron chi connectivity index (χ1n) is 8.35. The Morgan fingerprint density at radius 2 is 1.92 bits per heavy atom. The molecule has 1 fully saturated rings. The van der Waals surface area contributed by atoms with Crippen molar-refractivity contribution >= 4 is 27.6 Å². The monoisotopic (exact) mass is 383 g/mol. The van der Waals surface area contributed by atoms with Crippen LogP contribution in [0.15, 0.2) is 23.1 Å². The third-order valence-corrected chi connectivity index (χ3v) is 6.38. The fourth-order valence-corrected chi connectivity index (χ4v) is 3.79. The Morgan fingerprint density at radius 3 is 2.42 bits per heavy atom.